The molecule has 2 rings (SSSR count). The van der Waals surface area contributed by atoms with E-state index in [1.165, 1.54) is 16.1 Å². The van der Waals surface area contributed by atoms with Crippen LogP contribution < -0.4 is 0 Å². The number of hydrogen-bond donors (Lipinski definition) is 1. The van der Waals surface area contributed by atoms with Crippen molar-refractivity contribution in [1.29, 1.82) is 0 Å². The van der Waals surface area contributed by atoms with Crippen LogP contribution in [0.1, 0.15) is 35.4 Å². The molecule has 0 saturated carbocycles. The normalized spacial score (nSPS) is 19.9. The number of rotatable bonds is 3. The van der Waals surface area contributed by atoms with Gasteiger partial charge in [-0.25, -0.2) is 0 Å². The highest BCUT2D eigenvalue weighted by molar-refractivity contribution is 7.06. The summed E-state index contributed by atoms with van der Waals surface area (Å²) in [5, 5.41) is 8.63. The number of carbonyl (C=O) groups is 1. The monoisotopic (exact) mass is 225 g/mol. The van der Waals surface area contributed by atoms with Crippen molar-refractivity contribution in [1.82, 2.24) is 4.37 Å². The Kier molecular flexibility index (Phi) is 3.05. The molecule has 82 valence electrons. The molecule has 0 spiro atoms. The van der Waals surface area contributed by atoms with Crippen LogP contribution >= 0.6 is 11.5 Å². The van der Waals surface area contributed by atoms with Gasteiger partial charge in [0.2, 0.25) is 0 Å². The van der Waals surface area contributed by atoms with Crippen molar-refractivity contribution < 1.29 is 9.90 Å². The molecule has 1 aromatic rings. The number of carboxylic acids is 1. The van der Waals surface area contributed by atoms with Crippen LogP contribution in [0, 0.1) is 12.8 Å². The molecule has 0 radical (unpaired) electrons. The number of aromatic nitrogens is 1. The van der Waals surface area contributed by atoms with Gasteiger partial charge in [0.1, 0.15) is 0 Å². The third-order valence-electron chi connectivity index (χ3n) is 3.11. The van der Waals surface area contributed by atoms with Gasteiger partial charge in [0.15, 0.2) is 0 Å². The lowest BCUT2D eigenvalue weighted by Crippen LogP contribution is -2.14. The van der Waals surface area contributed by atoms with Crippen molar-refractivity contribution in [3.8, 4) is 0 Å². The predicted octanol–water partition coefficient (Wildman–Crippen LogP) is 2.42. The van der Waals surface area contributed by atoms with E-state index in [2.05, 4.69) is 11.3 Å². The highest BCUT2D eigenvalue weighted by atomic mass is 32.1. The number of nitrogens with zero attached hydrogens (tertiary/aromatic N) is 1. The van der Waals surface area contributed by atoms with E-state index >= 15 is 0 Å². The summed E-state index contributed by atoms with van der Waals surface area (Å²) in [4.78, 5) is 11.9. The van der Waals surface area contributed by atoms with E-state index in [0.717, 1.165) is 25.7 Å². The SMILES string of the molecule is Cc1nsc2c1CCC(CCC(=O)O)C2. The average Bonchev–Trinajstić information content (AvgIpc) is 2.57. The molecule has 1 aliphatic rings. The minimum Gasteiger partial charge on any atom is -0.481 e. The van der Waals surface area contributed by atoms with Crippen LogP contribution in [0.4, 0.5) is 0 Å². The maximum atomic E-state index is 10.5. The number of fused-ring (bicyclic) bond motifs is 1. The standard InChI is InChI=1S/C11H15NO2S/c1-7-9-4-2-8(3-5-11(13)14)6-10(9)15-12-7/h8H,2-6H2,1H3,(H,13,14). The Bertz CT molecular complexity index is 373. The van der Waals surface area contributed by atoms with Gasteiger partial charge in [-0.15, -0.1) is 0 Å². The van der Waals surface area contributed by atoms with Gasteiger partial charge in [-0.2, -0.15) is 4.37 Å². The van der Waals surface area contributed by atoms with Crippen molar-refractivity contribution in [2.24, 2.45) is 5.92 Å². The molecule has 3 nitrogen and oxygen atoms in total. The third-order valence-corrected chi connectivity index (χ3v) is 4.11. The lowest BCUT2D eigenvalue weighted by Gasteiger charge is -2.21. The molecule has 0 amide bonds. The van der Waals surface area contributed by atoms with Gasteiger partial charge < -0.3 is 5.11 Å². The zero-order valence-corrected chi connectivity index (χ0v) is 9.64. The summed E-state index contributed by atoms with van der Waals surface area (Å²) >= 11 is 1.59. The van der Waals surface area contributed by atoms with E-state index in [4.69, 9.17) is 5.11 Å². The minimum absolute atomic E-state index is 0.303. The summed E-state index contributed by atoms with van der Waals surface area (Å²) in [7, 11) is 0. The Hall–Kier alpha value is -0.900. The van der Waals surface area contributed by atoms with Crippen LogP contribution in [0.5, 0.6) is 0 Å². The average molecular weight is 225 g/mol. The van der Waals surface area contributed by atoms with Gasteiger partial charge in [0.25, 0.3) is 0 Å². The van der Waals surface area contributed by atoms with E-state index in [9.17, 15) is 4.79 Å². The summed E-state index contributed by atoms with van der Waals surface area (Å²) in [6.45, 7) is 2.06. The number of aliphatic carboxylic acids is 1. The van der Waals surface area contributed by atoms with Crippen LogP contribution in [-0.2, 0) is 17.6 Å². The first kappa shape index (κ1) is 10.6. The smallest absolute Gasteiger partial charge is 0.303 e. The molecule has 1 unspecified atom stereocenters. The molecule has 0 bridgehead atoms. The largest absolute Gasteiger partial charge is 0.481 e. The molecule has 0 aliphatic heterocycles. The Morgan fingerprint density at radius 2 is 2.47 bits per heavy atom. The second-order valence-corrected chi connectivity index (χ2v) is 5.07. The highest BCUT2D eigenvalue weighted by Crippen LogP contribution is 2.32. The van der Waals surface area contributed by atoms with Crippen LogP contribution in [0.25, 0.3) is 0 Å². The fourth-order valence-corrected chi connectivity index (χ4v) is 3.23. The van der Waals surface area contributed by atoms with E-state index in [0.29, 0.717) is 12.3 Å². The third kappa shape index (κ3) is 2.37. The molecule has 4 heteroatoms. The molecule has 1 aromatic heterocycles. The Morgan fingerprint density at radius 1 is 1.67 bits per heavy atom. The first-order valence-electron chi connectivity index (χ1n) is 5.32. The number of aryl methyl sites for hydroxylation is 1. The minimum atomic E-state index is -0.679. The van der Waals surface area contributed by atoms with Crippen molar-refractivity contribution >= 4 is 17.5 Å². The van der Waals surface area contributed by atoms with Gasteiger partial charge in [-0.3, -0.25) is 4.79 Å². The Morgan fingerprint density at radius 3 is 3.20 bits per heavy atom. The summed E-state index contributed by atoms with van der Waals surface area (Å²) in [6.07, 6.45) is 4.36. The fraction of sp³-hybridized carbons (Fsp3) is 0.636. The maximum absolute atomic E-state index is 10.5. The zero-order chi connectivity index (χ0) is 10.8. The highest BCUT2D eigenvalue weighted by Gasteiger charge is 2.22. The first-order chi connectivity index (χ1) is 7.16. The van der Waals surface area contributed by atoms with Crippen LogP contribution in [0.2, 0.25) is 0 Å². The molecular formula is C11H15NO2S. The van der Waals surface area contributed by atoms with Gasteiger partial charge in [0, 0.05) is 11.3 Å². The summed E-state index contributed by atoms with van der Waals surface area (Å²) in [6, 6.07) is 0. The topological polar surface area (TPSA) is 50.2 Å². The molecule has 1 heterocycles. The summed E-state index contributed by atoms with van der Waals surface area (Å²) in [5.74, 6) is -0.130. The molecular weight excluding hydrogens is 210 g/mol. The van der Waals surface area contributed by atoms with E-state index in [1.807, 2.05) is 0 Å². The van der Waals surface area contributed by atoms with Crippen molar-refractivity contribution in [3.05, 3.63) is 16.1 Å². The molecule has 0 aromatic carbocycles. The second-order valence-electron chi connectivity index (χ2n) is 4.21. The Labute approximate surface area is 93.3 Å². The van der Waals surface area contributed by atoms with Crippen LogP contribution in [0.15, 0.2) is 0 Å². The number of hydrogen-bond acceptors (Lipinski definition) is 3. The second kappa shape index (κ2) is 4.31. The number of carboxylic acid groups (broad SMARTS) is 1. The van der Waals surface area contributed by atoms with Crippen molar-refractivity contribution in [3.63, 3.8) is 0 Å². The summed E-state index contributed by atoms with van der Waals surface area (Å²) in [5.41, 5.74) is 2.60. The molecule has 0 fully saturated rings. The van der Waals surface area contributed by atoms with Crippen LogP contribution in [-0.4, -0.2) is 15.4 Å². The van der Waals surface area contributed by atoms with Crippen LogP contribution in [0.3, 0.4) is 0 Å². The van der Waals surface area contributed by atoms with Gasteiger partial charge in [-0.1, -0.05) is 0 Å². The van der Waals surface area contributed by atoms with E-state index < -0.39 is 5.97 Å². The van der Waals surface area contributed by atoms with Crippen molar-refractivity contribution in [2.75, 3.05) is 0 Å². The van der Waals surface area contributed by atoms with Gasteiger partial charge in [0.05, 0.1) is 5.69 Å². The summed E-state index contributed by atoms with van der Waals surface area (Å²) < 4.78 is 4.35. The Balaban J connectivity index is 1.97. The lowest BCUT2D eigenvalue weighted by atomic mass is 9.85. The van der Waals surface area contributed by atoms with Gasteiger partial charge >= 0.3 is 5.97 Å². The first-order valence-corrected chi connectivity index (χ1v) is 6.10. The quantitative estimate of drug-likeness (QED) is 0.859. The molecule has 1 N–H and O–H groups in total. The van der Waals surface area contributed by atoms with Gasteiger partial charge in [-0.05, 0) is 55.6 Å². The molecule has 1 atom stereocenters. The zero-order valence-electron chi connectivity index (χ0n) is 8.82. The van der Waals surface area contributed by atoms with E-state index in [-0.39, 0.29) is 0 Å². The predicted molar refractivity (Wildman–Crippen MR) is 59.2 cm³/mol. The molecule has 1 aliphatic carbocycles. The van der Waals surface area contributed by atoms with Crippen molar-refractivity contribution in [2.45, 2.75) is 39.0 Å². The van der Waals surface area contributed by atoms with E-state index in [1.54, 1.807) is 11.5 Å². The molecule has 15 heavy (non-hydrogen) atoms. The molecule has 0 saturated heterocycles. The lowest BCUT2D eigenvalue weighted by molar-refractivity contribution is -0.137. The maximum Gasteiger partial charge on any atom is 0.303 e. The fourth-order valence-electron chi connectivity index (χ4n) is 2.20.